The maximum atomic E-state index is 12.3. The first kappa shape index (κ1) is 10.5. The van der Waals surface area contributed by atoms with Crippen molar-refractivity contribution in [3.63, 3.8) is 0 Å². The van der Waals surface area contributed by atoms with Crippen LogP contribution in [0.1, 0.15) is 50.6 Å². The van der Waals surface area contributed by atoms with Gasteiger partial charge < -0.3 is 4.57 Å². The van der Waals surface area contributed by atoms with Crippen LogP contribution < -0.4 is 0 Å². The molecule has 15 heavy (non-hydrogen) atoms. The van der Waals surface area contributed by atoms with Crippen LogP contribution in [-0.4, -0.2) is 10.4 Å². The SMILES string of the molecule is CC1CC(C)(C)C(=O)c2cccn2C1C. The van der Waals surface area contributed by atoms with Crippen molar-refractivity contribution in [1.82, 2.24) is 4.57 Å². The van der Waals surface area contributed by atoms with Gasteiger partial charge in [-0.15, -0.1) is 0 Å². The Hall–Kier alpha value is -1.05. The molecule has 0 aromatic carbocycles. The molecular weight excluding hydrogens is 186 g/mol. The van der Waals surface area contributed by atoms with E-state index in [2.05, 4.69) is 32.3 Å². The second-order valence-electron chi connectivity index (χ2n) is 5.44. The molecule has 0 bridgehead atoms. The zero-order valence-corrected chi connectivity index (χ0v) is 9.95. The number of fused-ring (bicyclic) bond motifs is 1. The molecule has 1 aliphatic rings. The summed E-state index contributed by atoms with van der Waals surface area (Å²) < 4.78 is 2.13. The van der Waals surface area contributed by atoms with Gasteiger partial charge in [-0.1, -0.05) is 20.8 Å². The Balaban J connectivity index is 2.55. The maximum absolute atomic E-state index is 12.3. The monoisotopic (exact) mass is 205 g/mol. The third-order valence-electron chi connectivity index (χ3n) is 3.72. The second-order valence-corrected chi connectivity index (χ2v) is 5.44. The topological polar surface area (TPSA) is 22.0 Å². The van der Waals surface area contributed by atoms with E-state index in [0.717, 1.165) is 12.1 Å². The zero-order chi connectivity index (χ0) is 11.2. The number of aromatic nitrogens is 1. The molecule has 0 saturated carbocycles. The summed E-state index contributed by atoms with van der Waals surface area (Å²) in [5.74, 6) is 0.821. The van der Waals surface area contributed by atoms with E-state index >= 15 is 0 Å². The van der Waals surface area contributed by atoms with Gasteiger partial charge in [-0.2, -0.15) is 0 Å². The van der Waals surface area contributed by atoms with Gasteiger partial charge in [-0.25, -0.2) is 0 Å². The van der Waals surface area contributed by atoms with Crippen LogP contribution in [0.25, 0.3) is 0 Å². The van der Waals surface area contributed by atoms with Gasteiger partial charge in [0.25, 0.3) is 0 Å². The summed E-state index contributed by atoms with van der Waals surface area (Å²) in [6, 6.07) is 4.33. The molecule has 0 N–H and O–H groups in total. The summed E-state index contributed by atoms with van der Waals surface area (Å²) in [6.45, 7) is 8.54. The Morgan fingerprint density at radius 2 is 2.07 bits per heavy atom. The molecule has 0 spiro atoms. The molecule has 0 amide bonds. The van der Waals surface area contributed by atoms with Gasteiger partial charge in [0.05, 0.1) is 5.69 Å². The van der Waals surface area contributed by atoms with Crippen LogP contribution in [0.5, 0.6) is 0 Å². The van der Waals surface area contributed by atoms with E-state index in [0.29, 0.717) is 12.0 Å². The van der Waals surface area contributed by atoms with Crippen LogP contribution in [-0.2, 0) is 0 Å². The lowest BCUT2D eigenvalue weighted by Crippen LogP contribution is -2.24. The first-order valence-corrected chi connectivity index (χ1v) is 5.65. The lowest BCUT2D eigenvalue weighted by atomic mass is 9.78. The predicted octanol–water partition coefficient (Wildman–Crippen LogP) is 3.30. The normalized spacial score (nSPS) is 29.7. The summed E-state index contributed by atoms with van der Waals surface area (Å²) >= 11 is 0. The van der Waals surface area contributed by atoms with Crippen LogP contribution in [0.2, 0.25) is 0 Å². The minimum Gasteiger partial charge on any atom is -0.342 e. The van der Waals surface area contributed by atoms with Crippen molar-refractivity contribution in [3.05, 3.63) is 24.0 Å². The van der Waals surface area contributed by atoms with E-state index in [1.54, 1.807) is 0 Å². The molecule has 2 heterocycles. The van der Waals surface area contributed by atoms with E-state index in [1.165, 1.54) is 0 Å². The van der Waals surface area contributed by atoms with E-state index in [4.69, 9.17) is 0 Å². The highest BCUT2D eigenvalue weighted by Gasteiger charge is 2.37. The number of ketones is 1. The zero-order valence-electron chi connectivity index (χ0n) is 9.95. The van der Waals surface area contributed by atoms with Gasteiger partial charge >= 0.3 is 0 Å². The molecule has 1 aromatic rings. The van der Waals surface area contributed by atoms with Gasteiger partial charge in [0.1, 0.15) is 0 Å². The smallest absolute Gasteiger partial charge is 0.184 e. The molecule has 2 nitrogen and oxygen atoms in total. The fourth-order valence-electron chi connectivity index (χ4n) is 2.63. The molecule has 2 atom stereocenters. The number of rotatable bonds is 0. The molecule has 1 aromatic heterocycles. The van der Waals surface area contributed by atoms with E-state index < -0.39 is 0 Å². The minimum atomic E-state index is -0.222. The van der Waals surface area contributed by atoms with E-state index in [1.807, 2.05) is 18.3 Å². The van der Waals surface area contributed by atoms with Gasteiger partial charge in [0.2, 0.25) is 0 Å². The van der Waals surface area contributed by atoms with Crippen molar-refractivity contribution in [1.29, 1.82) is 0 Å². The van der Waals surface area contributed by atoms with Crippen molar-refractivity contribution in [2.45, 2.75) is 40.2 Å². The fourth-order valence-corrected chi connectivity index (χ4v) is 2.63. The number of hydrogen-bond donors (Lipinski definition) is 0. The molecule has 0 saturated heterocycles. The van der Waals surface area contributed by atoms with Crippen LogP contribution in [0, 0.1) is 11.3 Å². The Morgan fingerprint density at radius 3 is 2.73 bits per heavy atom. The van der Waals surface area contributed by atoms with Crippen LogP contribution in [0.3, 0.4) is 0 Å². The quantitative estimate of drug-likeness (QED) is 0.637. The third-order valence-corrected chi connectivity index (χ3v) is 3.72. The Bertz CT molecular complexity index is 389. The Labute approximate surface area is 91.3 Å². The van der Waals surface area contributed by atoms with Crippen molar-refractivity contribution in [2.75, 3.05) is 0 Å². The van der Waals surface area contributed by atoms with Crippen LogP contribution in [0.4, 0.5) is 0 Å². The van der Waals surface area contributed by atoms with E-state index in [9.17, 15) is 4.79 Å². The number of carbonyl (C=O) groups excluding carboxylic acids is 1. The van der Waals surface area contributed by atoms with E-state index in [-0.39, 0.29) is 11.2 Å². The molecule has 82 valence electrons. The number of hydrogen-bond acceptors (Lipinski definition) is 1. The summed E-state index contributed by atoms with van der Waals surface area (Å²) in [5, 5.41) is 0. The maximum Gasteiger partial charge on any atom is 0.184 e. The molecule has 2 unspecified atom stereocenters. The Kier molecular flexibility index (Phi) is 2.25. The van der Waals surface area contributed by atoms with Gasteiger partial charge in [-0.05, 0) is 31.4 Å². The average molecular weight is 205 g/mol. The Morgan fingerprint density at radius 1 is 1.40 bits per heavy atom. The first-order chi connectivity index (χ1) is 6.93. The van der Waals surface area contributed by atoms with Gasteiger partial charge in [0, 0.05) is 17.7 Å². The molecule has 2 heteroatoms. The predicted molar refractivity (Wildman–Crippen MR) is 61.0 cm³/mol. The highest BCUT2D eigenvalue weighted by atomic mass is 16.1. The number of nitrogens with zero attached hydrogens (tertiary/aromatic N) is 1. The fraction of sp³-hybridized carbons (Fsp3) is 0.615. The summed E-state index contributed by atoms with van der Waals surface area (Å²) in [6.07, 6.45) is 2.99. The average Bonchev–Trinajstić information content (AvgIpc) is 2.60. The number of carbonyl (C=O) groups is 1. The first-order valence-electron chi connectivity index (χ1n) is 5.65. The summed E-state index contributed by atoms with van der Waals surface area (Å²) in [5.41, 5.74) is 0.650. The molecule has 0 fully saturated rings. The largest absolute Gasteiger partial charge is 0.342 e. The third kappa shape index (κ3) is 1.52. The van der Waals surface area contributed by atoms with Crippen LogP contribution >= 0.6 is 0 Å². The molecule has 1 aliphatic heterocycles. The van der Waals surface area contributed by atoms with Crippen LogP contribution in [0.15, 0.2) is 18.3 Å². The summed E-state index contributed by atoms with van der Waals surface area (Å²) in [4.78, 5) is 12.3. The van der Waals surface area contributed by atoms with Gasteiger partial charge in [-0.3, -0.25) is 4.79 Å². The lowest BCUT2D eigenvalue weighted by molar-refractivity contribution is 0.0812. The van der Waals surface area contributed by atoms with Crippen molar-refractivity contribution < 1.29 is 4.79 Å². The molecule has 0 aliphatic carbocycles. The van der Waals surface area contributed by atoms with Crippen molar-refractivity contribution in [2.24, 2.45) is 11.3 Å². The lowest BCUT2D eigenvalue weighted by Gasteiger charge is -2.24. The van der Waals surface area contributed by atoms with Crippen molar-refractivity contribution in [3.8, 4) is 0 Å². The minimum absolute atomic E-state index is 0.222. The highest BCUT2D eigenvalue weighted by Crippen LogP contribution is 2.38. The standard InChI is InChI=1S/C13H19NO/c1-9-8-13(3,4)12(15)11-6-5-7-14(11)10(9)2/h5-7,9-10H,8H2,1-4H3. The second kappa shape index (κ2) is 3.22. The van der Waals surface area contributed by atoms with Crippen molar-refractivity contribution >= 4 is 5.78 Å². The highest BCUT2D eigenvalue weighted by molar-refractivity contribution is 5.99. The summed E-state index contributed by atoms with van der Waals surface area (Å²) in [7, 11) is 0. The molecule has 0 radical (unpaired) electrons. The molecule has 2 rings (SSSR count). The van der Waals surface area contributed by atoms with Gasteiger partial charge in [0.15, 0.2) is 5.78 Å². The number of Topliss-reactive ketones (excluding diaryl/α,β-unsaturated/α-hetero) is 1. The molecular formula is C13H19NO.